The maximum Gasteiger partial charge on any atom is 0.181 e. The molecule has 0 unspecified atom stereocenters. The van der Waals surface area contributed by atoms with E-state index in [1.54, 1.807) is 0 Å². The summed E-state index contributed by atoms with van der Waals surface area (Å²) in [6.45, 7) is 0. The molecule has 3 aromatic carbocycles. The van der Waals surface area contributed by atoms with Gasteiger partial charge in [-0.05, 0) is 48.9 Å². The number of anilines is 1. The van der Waals surface area contributed by atoms with Crippen LogP contribution >= 0.6 is 11.8 Å². The first kappa shape index (κ1) is 27.2. The molecule has 0 spiro atoms. The molecule has 41 heavy (non-hydrogen) atoms. The summed E-state index contributed by atoms with van der Waals surface area (Å²) in [5, 5.41) is 2.30. The van der Waals surface area contributed by atoms with Crippen molar-refractivity contribution in [2.24, 2.45) is 0 Å². The Balaban J connectivity index is 0.000000152. The molecule has 0 N–H and O–H groups in total. The predicted octanol–water partition coefficient (Wildman–Crippen LogP) is 7.87. The first-order valence-electron chi connectivity index (χ1n) is 14.2. The molecule has 0 fully saturated rings. The smallest absolute Gasteiger partial charge is 0.181 e. The minimum absolute atomic E-state index is 0.185. The maximum absolute atomic E-state index is 12.3. The monoisotopic (exact) mass is 559 g/mol. The number of Topliss-reactive ketones (excluding diaryl/α,β-unsaturated/α-hetero) is 2. The van der Waals surface area contributed by atoms with Gasteiger partial charge in [-0.3, -0.25) is 9.59 Å². The van der Waals surface area contributed by atoms with E-state index in [1.165, 1.54) is 15.8 Å². The van der Waals surface area contributed by atoms with Crippen LogP contribution < -0.4 is 4.90 Å². The van der Waals surface area contributed by atoms with Crippen molar-refractivity contribution in [1.82, 2.24) is 9.97 Å². The second-order valence-electron chi connectivity index (χ2n) is 10.8. The Hall–Kier alpha value is -4.03. The molecular weight excluding hydrogens is 526 g/mol. The molecule has 0 saturated carbocycles. The number of rotatable bonds is 4. The SMILES string of the molecule is CN(C)c1c2c(nc3ccccc13)C(=O)CCC2.O=C1CCCc2c1nc1ccccc1c2SCc1ccccc1. The predicted molar refractivity (Wildman–Crippen MR) is 168 cm³/mol. The third-order valence-electron chi connectivity index (χ3n) is 7.77. The van der Waals surface area contributed by atoms with Gasteiger partial charge in [-0.1, -0.05) is 66.7 Å². The summed E-state index contributed by atoms with van der Waals surface area (Å²) >= 11 is 1.83. The van der Waals surface area contributed by atoms with E-state index in [4.69, 9.17) is 0 Å². The fourth-order valence-electron chi connectivity index (χ4n) is 5.88. The Morgan fingerprint density at radius 3 is 1.85 bits per heavy atom. The van der Waals surface area contributed by atoms with Crippen molar-refractivity contribution in [3.05, 3.63) is 107 Å². The lowest BCUT2D eigenvalue weighted by atomic mass is 9.91. The molecule has 206 valence electrons. The fraction of sp³-hybridized carbons (Fsp3) is 0.257. The summed E-state index contributed by atoms with van der Waals surface area (Å²) in [5.41, 5.74) is 7.95. The Kier molecular flexibility index (Phi) is 7.84. The lowest BCUT2D eigenvalue weighted by Crippen LogP contribution is -2.19. The van der Waals surface area contributed by atoms with Crippen molar-refractivity contribution in [1.29, 1.82) is 0 Å². The molecule has 0 bridgehead atoms. The van der Waals surface area contributed by atoms with Crippen LogP contribution in [0.2, 0.25) is 0 Å². The quantitative estimate of drug-likeness (QED) is 0.209. The number of fused-ring (bicyclic) bond motifs is 4. The molecule has 5 aromatic rings. The van der Waals surface area contributed by atoms with Crippen molar-refractivity contribution in [3.63, 3.8) is 0 Å². The van der Waals surface area contributed by atoms with E-state index in [9.17, 15) is 9.59 Å². The van der Waals surface area contributed by atoms with E-state index in [-0.39, 0.29) is 11.6 Å². The van der Waals surface area contributed by atoms with Gasteiger partial charge in [0.1, 0.15) is 11.4 Å². The van der Waals surface area contributed by atoms with Gasteiger partial charge in [-0.25, -0.2) is 9.97 Å². The molecule has 0 atom stereocenters. The van der Waals surface area contributed by atoms with Gasteiger partial charge in [0, 0.05) is 53.9 Å². The number of pyridine rings is 2. The maximum atomic E-state index is 12.3. The van der Waals surface area contributed by atoms with Gasteiger partial charge in [0.25, 0.3) is 0 Å². The van der Waals surface area contributed by atoms with Crippen LogP contribution in [0.5, 0.6) is 0 Å². The molecule has 2 aliphatic carbocycles. The molecule has 0 amide bonds. The van der Waals surface area contributed by atoms with Crippen LogP contribution in [0.15, 0.2) is 83.8 Å². The van der Waals surface area contributed by atoms with Crippen molar-refractivity contribution >= 4 is 50.8 Å². The molecule has 0 radical (unpaired) electrons. The number of aromatic nitrogens is 2. The first-order valence-corrected chi connectivity index (χ1v) is 15.2. The van der Waals surface area contributed by atoms with Crippen LogP contribution in [0.1, 0.15) is 63.4 Å². The molecule has 0 saturated heterocycles. The highest BCUT2D eigenvalue weighted by atomic mass is 32.2. The minimum atomic E-state index is 0.185. The van der Waals surface area contributed by atoms with Crippen LogP contribution in [0, 0.1) is 0 Å². The zero-order valence-corrected chi connectivity index (χ0v) is 24.3. The molecule has 7 rings (SSSR count). The number of carbonyl (C=O) groups is 2. The number of hydrogen-bond acceptors (Lipinski definition) is 6. The molecule has 5 nitrogen and oxygen atoms in total. The second-order valence-corrected chi connectivity index (χ2v) is 11.8. The number of nitrogens with zero attached hydrogens (tertiary/aromatic N) is 3. The standard InChI is InChI=1S/C20H17NOS.C15H16N2O/c22-18-12-6-10-16-19(18)21-17-11-5-4-9-15(17)20(16)23-13-14-7-2-1-3-8-14;1-17(2)15-10-6-3-4-8-12(10)16-14-11(15)7-5-9-13(14)18/h1-5,7-9,11H,6,10,12-13H2;3-4,6,8H,5,7,9H2,1-2H3. The van der Waals surface area contributed by atoms with E-state index in [0.29, 0.717) is 24.2 Å². The summed E-state index contributed by atoms with van der Waals surface area (Å²) in [6.07, 6.45) is 5.03. The summed E-state index contributed by atoms with van der Waals surface area (Å²) in [7, 11) is 4.06. The number of carbonyl (C=O) groups excluding carboxylic acids is 2. The van der Waals surface area contributed by atoms with E-state index >= 15 is 0 Å². The third-order valence-corrected chi connectivity index (χ3v) is 9.00. The Morgan fingerprint density at radius 1 is 0.659 bits per heavy atom. The number of ketones is 2. The van der Waals surface area contributed by atoms with Crippen molar-refractivity contribution < 1.29 is 9.59 Å². The average molecular weight is 560 g/mol. The van der Waals surface area contributed by atoms with Crippen molar-refractivity contribution in [2.45, 2.75) is 49.2 Å². The summed E-state index contributed by atoms with van der Waals surface area (Å²) in [5.74, 6) is 1.29. The molecule has 6 heteroatoms. The number of hydrogen-bond donors (Lipinski definition) is 0. The van der Waals surface area contributed by atoms with Gasteiger partial charge >= 0.3 is 0 Å². The molecular formula is C35H33N3O2S. The van der Waals surface area contributed by atoms with E-state index in [2.05, 4.69) is 51.3 Å². The van der Waals surface area contributed by atoms with Gasteiger partial charge in [0.2, 0.25) is 0 Å². The third kappa shape index (κ3) is 5.49. The van der Waals surface area contributed by atoms with Crippen molar-refractivity contribution in [3.8, 4) is 0 Å². The van der Waals surface area contributed by atoms with Gasteiger partial charge in [-0.2, -0.15) is 0 Å². The van der Waals surface area contributed by atoms with Gasteiger partial charge < -0.3 is 4.90 Å². The molecule has 0 aliphatic heterocycles. The molecule has 2 aliphatic rings. The van der Waals surface area contributed by atoms with E-state index in [1.807, 2.05) is 68.3 Å². The normalized spacial score (nSPS) is 14.3. The summed E-state index contributed by atoms with van der Waals surface area (Å²) in [6, 6.07) is 26.7. The Morgan fingerprint density at radius 2 is 1.20 bits per heavy atom. The highest BCUT2D eigenvalue weighted by Gasteiger charge is 2.25. The van der Waals surface area contributed by atoms with Crippen LogP contribution in [0.4, 0.5) is 5.69 Å². The highest BCUT2D eigenvalue weighted by molar-refractivity contribution is 7.98. The highest BCUT2D eigenvalue weighted by Crippen LogP contribution is 2.38. The number of thioether (sulfide) groups is 1. The zero-order valence-electron chi connectivity index (χ0n) is 23.5. The van der Waals surface area contributed by atoms with Gasteiger partial charge in [0.15, 0.2) is 11.6 Å². The zero-order chi connectivity index (χ0) is 28.3. The number of para-hydroxylation sites is 2. The average Bonchev–Trinajstić information content (AvgIpc) is 3.00. The topological polar surface area (TPSA) is 63.2 Å². The minimum Gasteiger partial charge on any atom is -0.377 e. The fourth-order valence-corrected chi connectivity index (χ4v) is 7.08. The Labute approximate surface area is 245 Å². The van der Waals surface area contributed by atoms with Gasteiger partial charge in [-0.15, -0.1) is 11.8 Å². The molecule has 2 aromatic heterocycles. The summed E-state index contributed by atoms with van der Waals surface area (Å²) < 4.78 is 0. The van der Waals surface area contributed by atoms with Crippen molar-refractivity contribution in [2.75, 3.05) is 19.0 Å². The van der Waals surface area contributed by atoms with Gasteiger partial charge in [0.05, 0.1) is 16.7 Å². The largest absolute Gasteiger partial charge is 0.377 e. The first-order chi connectivity index (χ1) is 20.0. The lowest BCUT2D eigenvalue weighted by Gasteiger charge is -2.24. The van der Waals surface area contributed by atoms with E-state index < -0.39 is 0 Å². The lowest BCUT2D eigenvalue weighted by molar-refractivity contribution is 0.0959. The Bertz CT molecular complexity index is 1760. The molecule has 2 heterocycles. The summed E-state index contributed by atoms with van der Waals surface area (Å²) in [4.78, 5) is 36.9. The van der Waals surface area contributed by atoms with Crippen LogP contribution in [0.3, 0.4) is 0 Å². The number of benzene rings is 3. The van der Waals surface area contributed by atoms with E-state index in [0.717, 1.165) is 64.7 Å². The van der Waals surface area contributed by atoms with Crippen LogP contribution in [-0.2, 0) is 18.6 Å². The van der Waals surface area contributed by atoms with Crippen LogP contribution in [0.25, 0.3) is 21.8 Å². The second kappa shape index (κ2) is 11.8. The van der Waals surface area contributed by atoms with Crippen LogP contribution in [-0.4, -0.2) is 35.6 Å².